The van der Waals surface area contributed by atoms with E-state index in [4.69, 9.17) is 9.47 Å². The van der Waals surface area contributed by atoms with Crippen LogP contribution in [0.1, 0.15) is 24.8 Å². The van der Waals surface area contributed by atoms with Crippen LogP contribution in [0.2, 0.25) is 0 Å². The predicted molar refractivity (Wildman–Crippen MR) is 90.4 cm³/mol. The SMILES string of the molecule is CCNC(C)c1cnc(-c2cc(OC)c(OC)cc2Br)s1. The number of aromatic nitrogens is 1. The molecular formula is C15H19BrN2O2S. The number of hydrogen-bond acceptors (Lipinski definition) is 5. The minimum absolute atomic E-state index is 0.306. The molecule has 1 atom stereocenters. The second-order valence-corrected chi connectivity index (χ2v) is 6.45. The molecule has 0 spiro atoms. The molecule has 1 unspecified atom stereocenters. The van der Waals surface area contributed by atoms with E-state index in [2.05, 4.69) is 40.1 Å². The third-order valence-corrected chi connectivity index (χ3v) is 5.03. The molecule has 1 N–H and O–H groups in total. The molecule has 6 heteroatoms. The van der Waals surface area contributed by atoms with E-state index in [0.29, 0.717) is 17.5 Å². The standard InChI is InChI=1S/C15H19BrN2O2S/c1-5-17-9(2)14-8-18-15(21-14)10-6-12(19-3)13(20-4)7-11(10)16/h6-9,17H,5H2,1-4H3. The van der Waals surface area contributed by atoms with E-state index >= 15 is 0 Å². The van der Waals surface area contributed by atoms with E-state index in [1.165, 1.54) is 4.88 Å². The van der Waals surface area contributed by atoms with Crippen molar-refractivity contribution in [3.8, 4) is 22.1 Å². The van der Waals surface area contributed by atoms with Gasteiger partial charge in [0.1, 0.15) is 5.01 Å². The Kier molecular flexibility index (Phi) is 5.61. The van der Waals surface area contributed by atoms with Gasteiger partial charge in [-0.2, -0.15) is 0 Å². The largest absolute Gasteiger partial charge is 0.493 e. The van der Waals surface area contributed by atoms with E-state index in [0.717, 1.165) is 21.6 Å². The van der Waals surface area contributed by atoms with E-state index in [-0.39, 0.29) is 0 Å². The monoisotopic (exact) mass is 370 g/mol. The van der Waals surface area contributed by atoms with Crippen molar-refractivity contribution in [1.82, 2.24) is 10.3 Å². The number of methoxy groups -OCH3 is 2. The summed E-state index contributed by atoms with van der Waals surface area (Å²) in [4.78, 5) is 5.75. The smallest absolute Gasteiger partial charge is 0.161 e. The molecule has 0 amide bonds. The quantitative estimate of drug-likeness (QED) is 0.824. The first kappa shape index (κ1) is 16.3. The molecule has 21 heavy (non-hydrogen) atoms. The third kappa shape index (κ3) is 3.56. The molecule has 0 aliphatic rings. The second-order valence-electron chi connectivity index (χ2n) is 4.53. The Labute approximate surface area is 137 Å². The zero-order valence-corrected chi connectivity index (χ0v) is 15.0. The van der Waals surface area contributed by atoms with Gasteiger partial charge >= 0.3 is 0 Å². The van der Waals surface area contributed by atoms with Gasteiger partial charge in [0, 0.05) is 27.2 Å². The normalized spacial score (nSPS) is 12.2. The number of rotatable bonds is 6. The van der Waals surface area contributed by atoms with Gasteiger partial charge in [0.05, 0.1) is 14.2 Å². The summed E-state index contributed by atoms with van der Waals surface area (Å²) in [6, 6.07) is 4.16. The van der Waals surface area contributed by atoms with Crippen LogP contribution in [0.15, 0.2) is 22.8 Å². The lowest BCUT2D eigenvalue weighted by Crippen LogP contribution is -2.16. The van der Waals surface area contributed by atoms with Crippen LogP contribution in [0, 0.1) is 0 Å². The van der Waals surface area contributed by atoms with Crippen molar-refractivity contribution in [2.45, 2.75) is 19.9 Å². The molecule has 0 saturated carbocycles. The van der Waals surface area contributed by atoms with Gasteiger partial charge in [0.2, 0.25) is 0 Å². The molecule has 1 heterocycles. The summed E-state index contributed by atoms with van der Waals surface area (Å²) < 4.78 is 11.6. The Morgan fingerprint density at radius 1 is 1.29 bits per heavy atom. The number of thiazole rings is 1. The first-order valence-corrected chi connectivity index (χ1v) is 8.32. The summed E-state index contributed by atoms with van der Waals surface area (Å²) in [7, 11) is 3.26. The maximum atomic E-state index is 5.36. The second kappa shape index (κ2) is 7.24. The fourth-order valence-electron chi connectivity index (χ4n) is 2.04. The highest BCUT2D eigenvalue weighted by atomic mass is 79.9. The van der Waals surface area contributed by atoms with Gasteiger partial charge in [0.25, 0.3) is 0 Å². The van der Waals surface area contributed by atoms with Crippen LogP contribution in [0.4, 0.5) is 0 Å². The van der Waals surface area contributed by atoms with Crippen LogP contribution in [-0.4, -0.2) is 25.7 Å². The summed E-state index contributed by atoms with van der Waals surface area (Å²) in [5.74, 6) is 1.40. The van der Waals surface area contributed by atoms with Crippen molar-refractivity contribution >= 4 is 27.3 Å². The van der Waals surface area contributed by atoms with E-state index in [9.17, 15) is 0 Å². The van der Waals surface area contributed by atoms with Gasteiger partial charge in [0.15, 0.2) is 11.5 Å². The fraction of sp³-hybridized carbons (Fsp3) is 0.400. The van der Waals surface area contributed by atoms with Crippen molar-refractivity contribution in [1.29, 1.82) is 0 Å². The Morgan fingerprint density at radius 3 is 2.57 bits per heavy atom. The summed E-state index contributed by atoms with van der Waals surface area (Å²) in [6.45, 7) is 5.18. The lowest BCUT2D eigenvalue weighted by Gasteiger charge is -2.11. The average Bonchev–Trinajstić information content (AvgIpc) is 2.96. The molecule has 0 bridgehead atoms. The minimum Gasteiger partial charge on any atom is -0.493 e. The summed E-state index contributed by atoms with van der Waals surface area (Å²) in [5, 5.41) is 4.36. The highest BCUT2D eigenvalue weighted by Crippen LogP contribution is 2.40. The maximum Gasteiger partial charge on any atom is 0.161 e. The molecule has 0 aliphatic carbocycles. The van der Waals surface area contributed by atoms with E-state index in [1.807, 2.05) is 18.3 Å². The number of hydrogen-bond donors (Lipinski definition) is 1. The van der Waals surface area contributed by atoms with Crippen LogP contribution >= 0.6 is 27.3 Å². The Balaban J connectivity index is 2.38. The first-order chi connectivity index (χ1) is 10.1. The molecule has 0 saturated heterocycles. The summed E-state index contributed by atoms with van der Waals surface area (Å²) in [6.07, 6.45) is 1.93. The summed E-state index contributed by atoms with van der Waals surface area (Å²) >= 11 is 5.26. The van der Waals surface area contributed by atoms with Crippen LogP contribution in [0.5, 0.6) is 11.5 Å². The number of halogens is 1. The van der Waals surface area contributed by atoms with Crippen molar-refractivity contribution in [3.63, 3.8) is 0 Å². The fourth-order valence-corrected chi connectivity index (χ4v) is 3.65. The molecule has 0 radical (unpaired) electrons. The molecule has 4 nitrogen and oxygen atoms in total. The molecule has 0 aliphatic heterocycles. The summed E-state index contributed by atoms with van der Waals surface area (Å²) in [5.41, 5.74) is 1.01. The van der Waals surface area contributed by atoms with Gasteiger partial charge in [-0.3, -0.25) is 0 Å². The lowest BCUT2D eigenvalue weighted by atomic mass is 10.2. The Hall–Kier alpha value is -1.11. The van der Waals surface area contributed by atoms with Crippen molar-refractivity contribution in [3.05, 3.63) is 27.7 Å². The van der Waals surface area contributed by atoms with Crippen molar-refractivity contribution in [2.75, 3.05) is 20.8 Å². The zero-order valence-electron chi connectivity index (χ0n) is 12.6. The molecular weight excluding hydrogens is 352 g/mol. The molecule has 0 fully saturated rings. The highest BCUT2D eigenvalue weighted by Gasteiger charge is 2.15. The number of nitrogens with one attached hydrogen (secondary N) is 1. The zero-order chi connectivity index (χ0) is 15.4. The minimum atomic E-state index is 0.306. The first-order valence-electron chi connectivity index (χ1n) is 6.71. The third-order valence-electron chi connectivity index (χ3n) is 3.16. The van der Waals surface area contributed by atoms with Crippen LogP contribution in [-0.2, 0) is 0 Å². The van der Waals surface area contributed by atoms with Crippen LogP contribution in [0.25, 0.3) is 10.6 Å². The van der Waals surface area contributed by atoms with Gasteiger partial charge < -0.3 is 14.8 Å². The molecule has 2 aromatic rings. The highest BCUT2D eigenvalue weighted by molar-refractivity contribution is 9.10. The molecule has 2 rings (SSSR count). The molecule has 1 aromatic carbocycles. The molecule has 114 valence electrons. The predicted octanol–water partition coefficient (Wildman–Crippen LogP) is 4.26. The topological polar surface area (TPSA) is 43.4 Å². The van der Waals surface area contributed by atoms with Gasteiger partial charge in [-0.1, -0.05) is 6.92 Å². The molecule has 1 aromatic heterocycles. The number of nitrogens with zero attached hydrogens (tertiary/aromatic N) is 1. The van der Waals surface area contributed by atoms with E-state index in [1.54, 1.807) is 25.6 Å². The van der Waals surface area contributed by atoms with Gasteiger partial charge in [-0.25, -0.2) is 4.98 Å². The van der Waals surface area contributed by atoms with Crippen molar-refractivity contribution in [2.24, 2.45) is 0 Å². The number of benzene rings is 1. The van der Waals surface area contributed by atoms with Gasteiger partial charge in [-0.15, -0.1) is 11.3 Å². The van der Waals surface area contributed by atoms with Gasteiger partial charge in [-0.05, 0) is 41.5 Å². The maximum absolute atomic E-state index is 5.36. The van der Waals surface area contributed by atoms with E-state index < -0.39 is 0 Å². The van der Waals surface area contributed by atoms with Crippen molar-refractivity contribution < 1.29 is 9.47 Å². The number of ether oxygens (including phenoxy) is 2. The van der Waals surface area contributed by atoms with Crippen LogP contribution in [0.3, 0.4) is 0 Å². The average molecular weight is 371 g/mol. The lowest BCUT2D eigenvalue weighted by molar-refractivity contribution is 0.355. The Morgan fingerprint density at radius 2 is 1.95 bits per heavy atom. The van der Waals surface area contributed by atoms with Crippen LogP contribution < -0.4 is 14.8 Å². The Bertz CT molecular complexity index is 616.